The van der Waals surface area contributed by atoms with Crippen LogP contribution >= 0.6 is 11.3 Å². The van der Waals surface area contributed by atoms with E-state index in [1.165, 1.54) is 37.9 Å². The molecular weight excluding hydrogens is 478 g/mol. The van der Waals surface area contributed by atoms with Gasteiger partial charge in [-0.3, -0.25) is 9.59 Å². The van der Waals surface area contributed by atoms with Gasteiger partial charge in [-0.1, -0.05) is 87.6 Å². The molecule has 176 valence electrons. The molecule has 36 heavy (non-hydrogen) atoms. The van der Waals surface area contributed by atoms with Gasteiger partial charge in [0.2, 0.25) is 0 Å². The van der Waals surface area contributed by atoms with Gasteiger partial charge in [-0.25, -0.2) is 0 Å². The first-order valence-corrected chi connectivity index (χ1v) is 16.1. The predicted octanol–water partition coefficient (Wildman–Crippen LogP) is 6.46. The molecule has 0 unspecified atom stereocenters. The van der Waals surface area contributed by atoms with Gasteiger partial charge in [0.05, 0.1) is 11.3 Å². The summed E-state index contributed by atoms with van der Waals surface area (Å²) in [5, 5.41) is 4.08. The van der Waals surface area contributed by atoms with Crippen molar-refractivity contribution in [3.63, 3.8) is 0 Å². The number of benzene rings is 3. The fourth-order valence-electron chi connectivity index (χ4n) is 6.24. The van der Waals surface area contributed by atoms with Crippen molar-refractivity contribution in [3.8, 4) is 0 Å². The second-order valence-corrected chi connectivity index (χ2v) is 16.3. The number of rotatable bonds is 1. The zero-order valence-corrected chi connectivity index (χ0v) is 22.5. The Morgan fingerprint density at radius 2 is 1.44 bits per heavy atom. The Balaban J connectivity index is 1.46. The van der Waals surface area contributed by atoms with E-state index in [4.69, 9.17) is 0 Å². The molecule has 0 N–H and O–H groups in total. The van der Waals surface area contributed by atoms with E-state index in [9.17, 15) is 9.59 Å². The Labute approximate surface area is 215 Å². The second kappa shape index (κ2) is 7.02. The molecule has 0 fully saturated rings. The number of fused-ring (bicyclic) bond motifs is 5. The van der Waals surface area contributed by atoms with Crippen molar-refractivity contribution in [2.45, 2.75) is 32.4 Å². The average Bonchev–Trinajstić information content (AvgIpc) is 3.40. The summed E-state index contributed by atoms with van der Waals surface area (Å²) in [6.45, 7) is 9.47. The Kier molecular flexibility index (Phi) is 4.24. The first-order valence-electron chi connectivity index (χ1n) is 12.3. The number of allylic oxidation sites excluding steroid dienone is 1. The van der Waals surface area contributed by atoms with Gasteiger partial charge in [0.15, 0.2) is 11.6 Å². The van der Waals surface area contributed by atoms with Crippen LogP contribution in [0.5, 0.6) is 0 Å². The number of hydrogen-bond acceptors (Lipinski definition) is 4. The van der Waals surface area contributed by atoms with E-state index in [0.717, 1.165) is 4.88 Å². The topological polar surface area (TPSA) is 37.4 Å². The van der Waals surface area contributed by atoms with Crippen LogP contribution in [0.3, 0.4) is 0 Å². The molecule has 0 bridgehead atoms. The molecule has 5 heteroatoms. The van der Waals surface area contributed by atoms with Crippen LogP contribution in [-0.2, 0) is 5.41 Å². The van der Waals surface area contributed by atoms with Crippen molar-refractivity contribution in [1.82, 2.24) is 0 Å². The van der Waals surface area contributed by atoms with Crippen LogP contribution in [0.15, 0.2) is 78.4 Å². The Hall–Kier alpha value is -3.54. The molecule has 0 atom stereocenters. The monoisotopic (exact) mass is 503 g/mol. The molecule has 4 aromatic rings. The van der Waals surface area contributed by atoms with Crippen molar-refractivity contribution in [2.24, 2.45) is 0 Å². The van der Waals surface area contributed by atoms with E-state index in [2.05, 4.69) is 80.4 Å². The summed E-state index contributed by atoms with van der Waals surface area (Å²) < 4.78 is 0. The molecule has 0 spiro atoms. The molecule has 0 saturated carbocycles. The molecule has 3 nitrogen and oxygen atoms in total. The summed E-state index contributed by atoms with van der Waals surface area (Å²) in [4.78, 5) is 29.5. The SMILES string of the molecule is CC1(C)c2cc(C=C3C(=O)c4ccccc4C3=O)sc2N2c3ccccc3[Si](C)(C)c3cccc1c32. The normalized spacial score (nSPS) is 17.9. The van der Waals surface area contributed by atoms with Crippen LogP contribution in [0, 0.1) is 0 Å². The fourth-order valence-corrected chi connectivity index (χ4v) is 10.5. The van der Waals surface area contributed by atoms with E-state index in [1.807, 2.05) is 18.2 Å². The highest BCUT2D eigenvalue weighted by Crippen LogP contribution is 2.56. The molecule has 0 amide bonds. The summed E-state index contributed by atoms with van der Waals surface area (Å²) in [7, 11) is -1.89. The first-order chi connectivity index (χ1) is 17.2. The van der Waals surface area contributed by atoms with Gasteiger partial charge in [-0.2, -0.15) is 0 Å². The van der Waals surface area contributed by atoms with Crippen molar-refractivity contribution in [1.29, 1.82) is 0 Å². The maximum Gasteiger partial charge on any atom is 0.197 e. The van der Waals surface area contributed by atoms with Crippen LogP contribution in [0.25, 0.3) is 6.08 Å². The van der Waals surface area contributed by atoms with Crippen molar-refractivity contribution in [3.05, 3.63) is 106 Å². The highest BCUT2D eigenvalue weighted by molar-refractivity contribution is 7.17. The van der Waals surface area contributed by atoms with E-state index < -0.39 is 8.07 Å². The fraction of sp³-hybridized carbons (Fsp3) is 0.161. The molecule has 2 aliphatic heterocycles. The van der Waals surface area contributed by atoms with Gasteiger partial charge in [-0.15, -0.1) is 11.3 Å². The van der Waals surface area contributed by atoms with Gasteiger partial charge >= 0.3 is 0 Å². The molecule has 3 aromatic carbocycles. The largest absolute Gasteiger partial charge is 0.302 e. The third-order valence-corrected chi connectivity index (χ3v) is 12.8. The lowest BCUT2D eigenvalue weighted by atomic mass is 9.75. The number of Topliss-reactive ketones (excluding diaryl/α,β-unsaturated/α-hetero) is 2. The Morgan fingerprint density at radius 3 is 2.17 bits per heavy atom. The lowest BCUT2D eigenvalue weighted by molar-refractivity contribution is 0.0990. The van der Waals surface area contributed by atoms with Gasteiger partial charge in [0, 0.05) is 27.1 Å². The van der Waals surface area contributed by atoms with Crippen LogP contribution in [0.1, 0.15) is 50.6 Å². The van der Waals surface area contributed by atoms with Crippen LogP contribution in [-0.4, -0.2) is 19.6 Å². The second-order valence-electron chi connectivity index (χ2n) is 10.9. The van der Waals surface area contributed by atoms with Crippen LogP contribution < -0.4 is 15.3 Å². The number of carbonyl (C=O) groups is 2. The van der Waals surface area contributed by atoms with E-state index in [-0.39, 0.29) is 22.6 Å². The Morgan fingerprint density at radius 1 is 0.806 bits per heavy atom. The van der Waals surface area contributed by atoms with Crippen molar-refractivity contribution in [2.75, 3.05) is 4.90 Å². The zero-order chi connectivity index (χ0) is 25.0. The predicted molar refractivity (Wildman–Crippen MR) is 151 cm³/mol. The number of nitrogens with zero attached hydrogens (tertiary/aromatic N) is 1. The van der Waals surface area contributed by atoms with Crippen molar-refractivity contribution >= 4 is 63.8 Å². The highest BCUT2D eigenvalue weighted by Gasteiger charge is 2.46. The number of hydrogen-bond donors (Lipinski definition) is 0. The summed E-state index contributed by atoms with van der Waals surface area (Å²) in [6, 6.07) is 24.9. The number of anilines is 3. The van der Waals surface area contributed by atoms with Gasteiger partial charge in [0.25, 0.3) is 0 Å². The summed E-state index contributed by atoms with van der Waals surface area (Å²) >= 11 is 1.67. The maximum absolute atomic E-state index is 13.1. The molecule has 1 aliphatic carbocycles. The third-order valence-electron chi connectivity index (χ3n) is 8.22. The zero-order valence-electron chi connectivity index (χ0n) is 20.7. The minimum atomic E-state index is -1.89. The van der Waals surface area contributed by atoms with E-state index in [1.54, 1.807) is 23.5 Å². The minimum Gasteiger partial charge on any atom is -0.302 e. The number of ketones is 2. The summed E-state index contributed by atoms with van der Waals surface area (Å²) in [5.74, 6) is -0.356. The minimum absolute atomic E-state index is 0.178. The third kappa shape index (κ3) is 2.62. The van der Waals surface area contributed by atoms with Gasteiger partial charge in [-0.05, 0) is 39.7 Å². The summed E-state index contributed by atoms with van der Waals surface area (Å²) in [6.07, 6.45) is 1.81. The number of thiophene rings is 1. The first kappa shape index (κ1) is 21.7. The van der Waals surface area contributed by atoms with E-state index >= 15 is 0 Å². The maximum atomic E-state index is 13.1. The molecular formula is C31H25NO2SSi. The van der Waals surface area contributed by atoms with Crippen LogP contribution in [0.4, 0.5) is 16.4 Å². The molecule has 1 aromatic heterocycles. The molecule has 0 radical (unpaired) electrons. The standard InChI is InChI=1S/C31H25NO2SSi/c1-31(2)22-12-9-15-26-27(22)32(24-13-7-8-14-25(24)36(26,3)4)30-23(31)17-18(35-30)16-21-28(33)19-10-5-6-11-20(19)29(21)34/h5-17H,1-4H3. The van der Waals surface area contributed by atoms with Gasteiger partial charge < -0.3 is 4.90 Å². The van der Waals surface area contributed by atoms with Crippen LogP contribution in [0.2, 0.25) is 13.1 Å². The van der Waals surface area contributed by atoms with E-state index in [0.29, 0.717) is 11.1 Å². The molecule has 3 heterocycles. The Bertz CT molecular complexity index is 1650. The quantitative estimate of drug-likeness (QED) is 0.170. The number of para-hydroxylation sites is 2. The smallest absolute Gasteiger partial charge is 0.197 e. The average molecular weight is 504 g/mol. The highest BCUT2D eigenvalue weighted by atomic mass is 32.1. The lowest BCUT2D eigenvalue weighted by Crippen LogP contribution is -2.59. The summed E-state index contributed by atoms with van der Waals surface area (Å²) in [5.41, 5.74) is 6.22. The molecule has 0 saturated heterocycles. The van der Waals surface area contributed by atoms with Crippen molar-refractivity contribution < 1.29 is 9.59 Å². The molecule has 3 aliphatic rings. The van der Waals surface area contributed by atoms with Gasteiger partial charge in [0.1, 0.15) is 13.1 Å². The number of carbonyl (C=O) groups excluding carboxylic acids is 2. The molecule has 7 rings (SSSR count). The lowest BCUT2D eigenvalue weighted by Gasteiger charge is -2.47.